The van der Waals surface area contributed by atoms with Gasteiger partial charge in [0.15, 0.2) is 34.9 Å². The number of likely N-dealkylation sites (N-methyl/N-ethyl adjacent to an activating group) is 2. The average molecular weight is 1390 g/mol. The highest BCUT2D eigenvalue weighted by atomic mass is 32.1. The maximum atomic E-state index is 15.0. The summed E-state index contributed by atoms with van der Waals surface area (Å²) in [6.45, 7) is 13.5. The fourth-order valence-electron chi connectivity index (χ4n) is 14.5. The first-order valence-electron chi connectivity index (χ1n) is 30.9. The molecule has 4 atom stereocenters. The van der Waals surface area contributed by atoms with Gasteiger partial charge in [0.2, 0.25) is 0 Å². The Morgan fingerprint density at radius 3 is 1.52 bits per heavy atom. The molecule has 4 fully saturated rings. The number of ether oxygens (including phenoxy) is 3. The second-order valence-electron chi connectivity index (χ2n) is 23.9. The van der Waals surface area contributed by atoms with E-state index < -0.39 is 34.9 Å². The number of nitrogens with zero attached hydrogens (tertiary/aromatic N) is 8. The summed E-state index contributed by atoms with van der Waals surface area (Å²) in [6.07, 6.45) is 13.5. The highest BCUT2D eigenvalue weighted by Crippen LogP contribution is 2.52. The maximum absolute atomic E-state index is 15.0. The van der Waals surface area contributed by atoms with Crippen LogP contribution >= 0.6 is 68.0 Å². The van der Waals surface area contributed by atoms with E-state index in [4.69, 9.17) is 14.2 Å². The summed E-state index contributed by atoms with van der Waals surface area (Å²) in [6, 6.07) is 15.5. The number of aromatic nitrogens is 6. The van der Waals surface area contributed by atoms with Gasteiger partial charge in [-0.05, 0) is 111 Å². The Balaban J connectivity index is 0.000000112. The van der Waals surface area contributed by atoms with Crippen molar-refractivity contribution in [3.63, 3.8) is 0 Å². The van der Waals surface area contributed by atoms with Crippen molar-refractivity contribution in [1.29, 1.82) is 0 Å². The van der Waals surface area contributed by atoms with Crippen LogP contribution in [-0.2, 0) is 14.2 Å². The van der Waals surface area contributed by atoms with Gasteiger partial charge in [0, 0.05) is 88.2 Å². The van der Waals surface area contributed by atoms with Crippen LogP contribution in [0.4, 0.5) is 60.5 Å². The SMILES string of the molecule is CCN1CC=C(c2cc3c(Nc4c(F)cc5scnc5c4F)ccnc3s2)C12CCOC2.CCN1CCC(c2cc3c(Nc4c(F)cc5scnc5c4F)ccnc3s2)C12CCOC2.Fc1cc2scnc2c(F)c1Nc1ccnc2sc(C3=CCNC34CCOC4)cc12. The van der Waals surface area contributed by atoms with Crippen molar-refractivity contribution in [3.8, 4) is 0 Å². The fraction of sp³-hybridized carbons (Fsp3) is 0.313. The first-order valence-corrected chi connectivity index (χ1v) is 36.0. The van der Waals surface area contributed by atoms with Crippen molar-refractivity contribution in [2.24, 2.45) is 0 Å². The molecule has 3 spiro atoms. The van der Waals surface area contributed by atoms with Crippen molar-refractivity contribution < 1.29 is 40.6 Å². The molecule has 0 saturated carbocycles. The van der Waals surface area contributed by atoms with Gasteiger partial charge in [0.25, 0.3) is 0 Å². The minimum absolute atomic E-state index is 0.0388. The zero-order chi connectivity index (χ0) is 64.0. The molecule has 12 aromatic rings. The van der Waals surface area contributed by atoms with Gasteiger partial charge in [-0.25, -0.2) is 56.2 Å². The summed E-state index contributed by atoms with van der Waals surface area (Å²) < 4.78 is 108. The Morgan fingerprint density at radius 1 is 0.543 bits per heavy atom. The summed E-state index contributed by atoms with van der Waals surface area (Å²) in [4.78, 5) is 36.7. The lowest BCUT2D eigenvalue weighted by molar-refractivity contribution is 0.0963. The third-order valence-corrected chi connectivity index (χ3v) is 24.8. The monoisotopic (exact) mass is 1380 g/mol. The highest BCUT2D eigenvalue weighted by molar-refractivity contribution is 7.20. The average Bonchev–Trinajstić information content (AvgIpc) is 1.60. The summed E-state index contributed by atoms with van der Waals surface area (Å²) in [7, 11) is 0. The third kappa shape index (κ3) is 10.5. The van der Waals surface area contributed by atoms with Crippen LogP contribution in [0.15, 0.2) is 102 Å². The van der Waals surface area contributed by atoms with Gasteiger partial charge in [-0.3, -0.25) is 9.80 Å². The molecule has 94 heavy (non-hydrogen) atoms. The summed E-state index contributed by atoms with van der Waals surface area (Å²) in [5.74, 6) is -3.57. The van der Waals surface area contributed by atoms with Crippen LogP contribution in [0, 0.1) is 34.9 Å². The standard InChI is InChI=1S/C23H22F2N4OS2.C23H20F2N4OS2.C21H16F2N4OS2/c2*1-2-29-7-4-14(23(29)5-8-30-11-23)17-9-13-16(3-6-26-22(13)32-17)28-20-15(24)10-18-21(19(20)25)27-12-31-18;22-13-8-16-19(25-10-29-16)17(23)18(13)27-14-2-4-24-20-11(14)7-15(30-20)12-1-5-26-21(12)3-6-28-9-21/h3,6,9-10,12,14H,2,4-5,7-8,11H2,1H3,(H,26,28);3-4,6,9-10,12H,2,5,7-8,11H2,1H3,(H,26,28);1-2,4,7-8,10,26H,3,5-6,9H2,(H,24,27). The van der Waals surface area contributed by atoms with Gasteiger partial charge in [-0.1, -0.05) is 26.0 Å². The molecule has 6 aliphatic heterocycles. The van der Waals surface area contributed by atoms with Crippen molar-refractivity contribution in [2.45, 2.75) is 62.1 Å². The molecule has 27 heteroatoms. The Bertz CT molecular complexity index is 4990. The number of hydrogen-bond acceptors (Lipinski definition) is 21. The van der Waals surface area contributed by atoms with E-state index in [-0.39, 0.29) is 50.2 Å². The molecule has 4 saturated heterocycles. The van der Waals surface area contributed by atoms with Crippen molar-refractivity contribution in [2.75, 3.05) is 88.3 Å². The number of likely N-dealkylation sites (tertiary alicyclic amines) is 1. The van der Waals surface area contributed by atoms with Gasteiger partial charge in [0.05, 0.1) is 84.1 Å². The molecular formula is C67H58F6N12O3S6. The molecule has 482 valence electrons. The minimum Gasteiger partial charge on any atom is -0.379 e. The van der Waals surface area contributed by atoms with Gasteiger partial charge < -0.3 is 35.5 Å². The molecular weight excluding hydrogens is 1330 g/mol. The lowest BCUT2D eigenvalue weighted by atomic mass is 9.82. The Hall–Kier alpha value is -7.12. The van der Waals surface area contributed by atoms with E-state index in [9.17, 15) is 26.3 Å². The number of halogens is 6. The zero-order valence-electron chi connectivity index (χ0n) is 50.5. The van der Waals surface area contributed by atoms with E-state index in [0.717, 1.165) is 125 Å². The third-order valence-electron chi connectivity index (χ3n) is 19.2. The summed E-state index contributed by atoms with van der Waals surface area (Å²) in [5, 5.41) is 15.0. The number of thiazole rings is 3. The summed E-state index contributed by atoms with van der Waals surface area (Å²) >= 11 is 8.50. The molecule has 4 unspecified atom stereocenters. The number of hydrogen-bond donors (Lipinski definition) is 4. The minimum atomic E-state index is -0.684. The molecule has 0 bridgehead atoms. The van der Waals surface area contributed by atoms with Crippen LogP contribution in [0.25, 0.3) is 72.4 Å². The van der Waals surface area contributed by atoms with Crippen molar-refractivity contribution >= 4 is 175 Å². The molecule has 15 heterocycles. The molecule has 6 aliphatic rings. The number of nitrogens with one attached hydrogen (secondary N) is 4. The van der Waals surface area contributed by atoms with E-state index >= 15 is 0 Å². The lowest BCUT2D eigenvalue weighted by Gasteiger charge is -2.37. The first-order chi connectivity index (χ1) is 45.9. The number of anilines is 6. The Labute approximate surface area is 558 Å². The number of thiophene rings is 3. The molecule has 18 rings (SSSR count). The quantitative estimate of drug-likeness (QED) is 0.0906. The zero-order valence-corrected chi connectivity index (χ0v) is 55.4. The number of pyridine rings is 3. The Morgan fingerprint density at radius 2 is 1.03 bits per heavy atom. The molecule has 3 aromatic carbocycles. The van der Waals surface area contributed by atoms with E-state index in [1.54, 1.807) is 70.8 Å². The molecule has 0 amide bonds. The largest absolute Gasteiger partial charge is 0.379 e. The van der Waals surface area contributed by atoms with Crippen LogP contribution in [-0.4, -0.2) is 129 Å². The smallest absolute Gasteiger partial charge is 0.176 e. The van der Waals surface area contributed by atoms with Crippen LogP contribution in [0.1, 0.15) is 60.1 Å². The van der Waals surface area contributed by atoms with Crippen LogP contribution in [0.2, 0.25) is 0 Å². The van der Waals surface area contributed by atoms with Gasteiger partial charge >= 0.3 is 0 Å². The van der Waals surface area contributed by atoms with E-state index in [0.29, 0.717) is 50.3 Å². The predicted octanol–water partition coefficient (Wildman–Crippen LogP) is 16.8. The summed E-state index contributed by atoms with van der Waals surface area (Å²) in [5.41, 5.74) is 8.67. The Kier molecular flexibility index (Phi) is 16.3. The van der Waals surface area contributed by atoms with E-state index in [2.05, 4.69) is 99.1 Å². The van der Waals surface area contributed by atoms with Gasteiger partial charge in [-0.15, -0.1) is 68.0 Å². The highest BCUT2D eigenvalue weighted by Gasteiger charge is 2.52. The van der Waals surface area contributed by atoms with Gasteiger partial charge in [0.1, 0.15) is 48.1 Å². The van der Waals surface area contributed by atoms with Crippen molar-refractivity contribution in [1.82, 2.24) is 45.0 Å². The molecule has 0 radical (unpaired) electrons. The number of rotatable bonds is 11. The molecule has 9 aromatic heterocycles. The van der Waals surface area contributed by atoms with Crippen LogP contribution < -0.4 is 21.3 Å². The second-order valence-corrected chi connectivity index (χ2v) is 29.7. The predicted molar refractivity (Wildman–Crippen MR) is 368 cm³/mol. The molecule has 15 nitrogen and oxygen atoms in total. The van der Waals surface area contributed by atoms with Crippen molar-refractivity contribution in [3.05, 3.63) is 151 Å². The molecule has 0 aliphatic carbocycles. The second kappa shape index (κ2) is 24.8. The van der Waals surface area contributed by atoms with E-state index in [1.165, 1.54) is 84.8 Å². The number of fused-ring (bicyclic) bond motifs is 6. The maximum Gasteiger partial charge on any atom is 0.176 e. The van der Waals surface area contributed by atoms with Crippen LogP contribution in [0.5, 0.6) is 0 Å². The van der Waals surface area contributed by atoms with E-state index in [1.807, 2.05) is 6.07 Å². The number of benzene rings is 3. The fourth-order valence-corrected chi connectivity index (χ4v) is 20.2. The lowest BCUT2D eigenvalue weighted by Crippen LogP contribution is -2.47. The molecule has 4 N–H and O–H groups in total. The topological polar surface area (TPSA) is 160 Å². The first kappa shape index (κ1) is 61.7. The van der Waals surface area contributed by atoms with Crippen LogP contribution in [0.3, 0.4) is 0 Å². The normalized spacial score (nSPS) is 22.1. The van der Waals surface area contributed by atoms with Gasteiger partial charge in [-0.2, -0.15) is 0 Å².